The molecule has 19 heavy (non-hydrogen) atoms. The summed E-state index contributed by atoms with van der Waals surface area (Å²) in [4.78, 5) is 1.20. The van der Waals surface area contributed by atoms with Gasteiger partial charge in [-0.25, -0.2) is 0 Å². The van der Waals surface area contributed by atoms with E-state index in [1.807, 2.05) is 18.2 Å². The van der Waals surface area contributed by atoms with Gasteiger partial charge >= 0.3 is 0 Å². The third-order valence-corrected chi connectivity index (χ3v) is 5.23. The summed E-state index contributed by atoms with van der Waals surface area (Å²) in [6.45, 7) is 0.598. The standard InChI is InChI=1S/C15H10Br2OS/c16-12-3-1-11-8-13(4-2-10(11)7-12)18-9-15-14(17)5-6-19-15/h1-8H,9H2. The first-order chi connectivity index (χ1) is 9.22. The summed E-state index contributed by atoms with van der Waals surface area (Å²) in [6.07, 6.45) is 0. The molecule has 0 spiro atoms. The molecule has 0 saturated carbocycles. The Morgan fingerprint density at radius 3 is 2.53 bits per heavy atom. The fourth-order valence-corrected chi connectivity index (χ4v) is 3.62. The highest BCUT2D eigenvalue weighted by Gasteiger charge is 2.03. The number of fused-ring (bicyclic) bond motifs is 1. The molecule has 1 heterocycles. The van der Waals surface area contributed by atoms with Gasteiger partial charge in [-0.15, -0.1) is 11.3 Å². The Morgan fingerprint density at radius 2 is 1.74 bits per heavy atom. The molecule has 0 unspecified atom stereocenters. The monoisotopic (exact) mass is 396 g/mol. The van der Waals surface area contributed by atoms with Gasteiger partial charge in [-0.3, -0.25) is 0 Å². The molecule has 0 bridgehead atoms. The van der Waals surface area contributed by atoms with Gasteiger partial charge in [-0.05, 0) is 62.4 Å². The van der Waals surface area contributed by atoms with E-state index in [0.717, 1.165) is 14.7 Å². The van der Waals surface area contributed by atoms with Crippen LogP contribution in [0.5, 0.6) is 5.75 Å². The van der Waals surface area contributed by atoms with Crippen LogP contribution in [0.25, 0.3) is 10.8 Å². The zero-order valence-corrected chi connectivity index (χ0v) is 13.9. The van der Waals surface area contributed by atoms with E-state index in [9.17, 15) is 0 Å². The van der Waals surface area contributed by atoms with E-state index in [4.69, 9.17) is 4.74 Å². The largest absolute Gasteiger partial charge is 0.488 e. The molecule has 0 N–H and O–H groups in total. The van der Waals surface area contributed by atoms with Crippen molar-refractivity contribution in [2.45, 2.75) is 6.61 Å². The van der Waals surface area contributed by atoms with Crippen LogP contribution in [0.4, 0.5) is 0 Å². The van der Waals surface area contributed by atoms with Crippen molar-refractivity contribution in [3.8, 4) is 5.75 Å². The second-order valence-corrected chi connectivity index (χ2v) is 6.90. The Morgan fingerprint density at radius 1 is 0.947 bits per heavy atom. The first kappa shape index (κ1) is 13.2. The number of rotatable bonds is 3. The maximum absolute atomic E-state index is 5.84. The van der Waals surface area contributed by atoms with Gasteiger partial charge < -0.3 is 4.74 Å². The number of halogens is 2. The van der Waals surface area contributed by atoms with Crippen molar-refractivity contribution in [2.75, 3.05) is 0 Å². The van der Waals surface area contributed by atoms with Crippen LogP contribution in [0.1, 0.15) is 4.88 Å². The molecular weight excluding hydrogens is 388 g/mol. The van der Waals surface area contributed by atoms with E-state index in [2.05, 4.69) is 61.5 Å². The molecule has 0 aliphatic rings. The molecule has 96 valence electrons. The topological polar surface area (TPSA) is 9.23 Å². The summed E-state index contributed by atoms with van der Waals surface area (Å²) in [5.41, 5.74) is 0. The van der Waals surface area contributed by atoms with Crippen LogP contribution >= 0.6 is 43.2 Å². The zero-order valence-electron chi connectivity index (χ0n) is 9.90. The number of hydrogen-bond acceptors (Lipinski definition) is 2. The molecule has 1 aromatic heterocycles. The SMILES string of the molecule is Brc1ccc2cc(OCc3sccc3Br)ccc2c1. The van der Waals surface area contributed by atoms with Crippen molar-refractivity contribution in [2.24, 2.45) is 0 Å². The van der Waals surface area contributed by atoms with Gasteiger partial charge in [-0.1, -0.05) is 28.1 Å². The van der Waals surface area contributed by atoms with Gasteiger partial charge in [0.15, 0.2) is 0 Å². The Balaban J connectivity index is 1.82. The summed E-state index contributed by atoms with van der Waals surface area (Å²) in [7, 11) is 0. The predicted molar refractivity (Wildman–Crippen MR) is 88.0 cm³/mol. The van der Waals surface area contributed by atoms with Crippen LogP contribution in [0.3, 0.4) is 0 Å². The minimum absolute atomic E-state index is 0.598. The van der Waals surface area contributed by atoms with Crippen molar-refractivity contribution in [3.63, 3.8) is 0 Å². The number of hydrogen-bond donors (Lipinski definition) is 0. The lowest BCUT2D eigenvalue weighted by atomic mass is 10.1. The fourth-order valence-electron chi connectivity index (χ4n) is 1.86. The average Bonchev–Trinajstić information content (AvgIpc) is 2.82. The van der Waals surface area contributed by atoms with E-state index in [-0.39, 0.29) is 0 Å². The van der Waals surface area contributed by atoms with Gasteiger partial charge in [0.05, 0.1) is 4.88 Å². The van der Waals surface area contributed by atoms with Gasteiger partial charge in [0.25, 0.3) is 0 Å². The molecule has 4 heteroatoms. The lowest BCUT2D eigenvalue weighted by molar-refractivity contribution is 0.309. The Hall–Kier alpha value is -0.840. The molecule has 0 aliphatic heterocycles. The van der Waals surface area contributed by atoms with Gasteiger partial charge in [-0.2, -0.15) is 0 Å². The zero-order chi connectivity index (χ0) is 13.2. The van der Waals surface area contributed by atoms with Crippen LogP contribution in [0.15, 0.2) is 56.8 Å². The Bertz CT molecular complexity index is 721. The minimum Gasteiger partial charge on any atom is -0.488 e. The van der Waals surface area contributed by atoms with E-state index >= 15 is 0 Å². The molecular formula is C15H10Br2OS. The normalized spacial score (nSPS) is 10.8. The summed E-state index contributed by atoms with van der Waals surface area (Å²) < 4.78 is 8.05. The molecule has 3 aromatic rings. The van der Waals surface area contributed by atoms with Gasteiger partial charge in [0.1, 0.15) is 12.4 Å². The highest BCUT2D eigenvalue weighted by molar-refractivity contribution is 9.10. The summed E-state index contributed by atoms with van der Waals surface area (Å²) in [5.74, 6) is 0.898. The fraction of sp³-hybridized carbons (Fsp3) is 0.0667. The number of thiophene rings is 1. The van der Waals surface area contributed by atoms with Crippen LogP contribution < -0.4 is 4.74 Å². The first-order valence-electron chi connectivity index (χ1n) is 5.76. The average molecular weight is 398 g/mol. The maximum Gasteiger partial charge on any atom is 0.124 e. The Kier molecular flexibility index (Phi) is 3.91. The van der Waals surface area contributed by atoms with Crippen molar-refractivity contribution in [3.05, 3.63) is 61.7 Å². The second-order valence-electron chi connectivity index (χ2n) is 4.13. The van der Waals surface area contributed by atoms with Crippen molar-refractivity contribution in [1.29, 1.82) is 0 Å². The van der Waals surface area contributed by atoms with Crippen LogP contribution in [0.2, 0.25) is 0 Å². The molecule has 0 saturated heterocycles. The minimum atomic E-state index is 0.598. The summed E-state index contributed by atoms with van der Waals surface area (Å²) in [5, 5.41) is 4.45. The molecule has 1 nitrogen and oxygen atoms in total. The van der Waals surface area contributed by atoms with Crippen molar-refractivity contribution >= 4 is 54.0 Å². The number of ether oxygens (including phenoxy) is 1. The smallest absolute Gasteiger partial charge is 0.124 e. The molecule has 0 amide bonds. The van der Waals surface area contributed by atoms with E-state index < -0.39 is 0 Å². The first-order valence-corrected chi connectivity index (χ1v) is 8.23. The second kappa shape index (κ2) is 5.65. The van der Waals surface area contributed by atoms with E-state index in [1.165, 1.54) is 15.6 Å². The number of benzene rings is 2. The molecule has 0 radical (unpaired) electrons. The van der Waals surface area contributed by atoms with Crippen LogP contribution in [-0.4, -0.2) is 0 Å². The van der Waals surface area contributed by atoms with E-state index in [0.29, 0.717) is 6.61 Å². The third kappa shape index (κ3) is 3.02. The van der Waals surface area contributed by atoms with Crippen molar-refractivity contribution < 1.29 is 4.74 Å². The molecule has 0 fully saturated rings. The van der Waals surface area contributed by atoms with Crippen molar-refractivity contribution in [1.82, 2.24) is 0 Å². The quantitative estimate of drug-likeness (QED) is 0.526. The molecule has 0 atom stereocenters. The summed E-state index contributed by atoms with van der Waals surface area (Å²) in [6, 6.07) is 14.4. The van der Waals surface area contributed by atoms with Gasteiger partial charge in [0.2, 0.25) is 0 Å². The maximum atomic E-state index is 5.84. The highest BCUT2D eigenvalue weighted by atomic mass is 79.9. The molecule has 0 aliphatic carbocycles. The summed E-state index contributed by atoms with van der Waals surface area (Å²) >= 11 is 8.69. The van der Waals surface area contributed by atoms with Gasteiger partial charge in [0, 0.05) is 8.95 Å². The highest BCUT2D eigenvalue weighted by Crippen LogP contribution is 2.27. The molecule has 2 aromatic carbocycles. The third-order valence-electron chi connectivity index (χ3n) is 2.83. The lowest BCUT2D eigenvalue weighted by Crippen LogP contribution is -1.93. The molecule has 3 rings (SSSR count). The predicted octanol–water partition coefficient (Wildman–Crippen LogP) is 6.01. The lowest BCUT2D eigenvalue weighted by Gasteiger charge is -2.07. The van der Waals surface area contributed by atoms with Crippen LogP contribution in [0, 0.1) is 0 Å². The Labute approximate surface area is 132 Å². The van der Waals surface area contributed by atoms with Crippen LogP contribution in [-0.2, 0) is 6.61 Å². The van der Waals surface area contributed by atoms with E-state index in [1.54, 1.807) is 11.3 Å².